The molecule has 3 heteroatoms. The Morgan fingerprint density at radius 3 is 1.54 bits per heavy atom. The summed E-state index contributed by atoms with van der Waals surface area (Å²) in [7, 11) is 0. The lowest BCUT2D eigenvalue weighted by atomic mass is 10.0. The van der Waals surface area contributed by atoms with Crippen LogP contribution >= 0.6 is 0 Å². The molecule has 0 saturated heterocycles. The van der Waals surface area contributed by atoms with Gasteiger partial charge in [0.2, 0.25) is 0 Å². The van der Waals surface area contributed by atoms with Crippen LogP contribution in [0.4, 0.5) is 0 Å². The van der Waals surface area contributed by atoms with Gasteiger partial charge in [0.25, 0.3) is 0 Å². The molecule has 0 heterocycles. The molecule has 0 rings (SSSR count). The quantitative estimate of drug-likeness (QED) is 0.137. The molecule has 0 aromatic rings. The molecule has 1 unspecified atom stereocenters. The Labute approximate surface area is 176 Å². The molecular weight excluding hydrogens is 348 g/mol. The maximum atomic E-state index is 11.7. The van der Waals surface area contributed by atoms with Crippen LogP contribution in [0.5, 0.6) is 0 Å². The Balaban J connectivity index is 3.21. The molecule has 28 heavy (non-hydrogen) atoms. The van der Waals surface area contributed by atoms with Gasteiger partial charge in [-0.2, -0.15) is 0 Å². The molecule has 168 valence electrons. The molecule has 0 bridgehead atoms. The van der Waals surface area contributed by atoms with Crippen LogP contribution in [0.2, 0.25) is 0 Å². The fourth-order valence-electron chi connectivity index (χ4n) is 3.40. The number of carbonyl (C=O) groups excluding carboxylic acids is 1. The molecule has 0 saturated carbocycles. The van der Waals surface area contributed by atoms with Crippen molar-refractivity contribution in [2.75, 3.05) is 13.2 Å². The maximum absolute atomic E-state index is 11.7. The first-order chi connectivity index (χ1) is 13.7. The van der Waals surface area contributed by atoms with E-state index in [2.05, 4.69) is 13.8 Å². The zero-order valence-corrected chi connectivity index (χ0v) is 19.4. The van der Waals surface area contributed by atoms with Crippen molar-refractivity contribution in [1.29, 1.82) is 0 Å². The van der Waals surface area contributed by atoms with Gasteiger partial charge in [-0.1, -0.05) is 110 Å². The second-order valence-corrected chi connectivity index (χ2v) is 8.42. The first-order valence-electron chi connectivity index (χ1n) is 12.5. The third-order valence-electron chi connectivity index (χ3n) is 5.36. The number of rotatable bonds is 22. The molecule has 3 nitrogen and oxygen atoms in total. The predicted octanol–water partition coefficient (Wildman–Crippen LogP) is 8.00. The Morgan fingerprint density at radius 2 is 1.07 bits per heavy atom. The highest BCUT2D eigenvalue weighted by molar-refractivity contribution is 5.69. The SMILES string of the molecule is CCCCCCCCCCCCCCCCCC(=O)OCC(C)OCCCC. The van der Waals surface area contributed by atoms with E-state index < -0.39 is 0 Å². The van der Waals surface area contributed by atoms with E-state index in [0.29, 0.717) is 13.0 Å². The standard InChI is InChI=1S/C25H50O3/c1-4-6-8-9-10-11-12-13-14-15-16-17-18-19-20-21-25(26)28-23-24(3)27-22-7-5-2/h24H,4-23H2,1-3H3. The van der Waals surface area contributed by atoms with Crippen LogP contribution in [0.1, 0.15) is 136 Å². The minimum atomic E-state index is -0.0689. The van der Waals surface area contributed by atoms with Gasteiger partial charge >= 0.3 is 5.97 Å². The summed E-state index contributed by atoms with van der Waals surface area (Å²) in [5.41, 5.74) is 0. The molecule has 1 atom stereocenters. The molecule has 0 aromatic heterocycles. The molecule has 0 spiro atoms. The van der Waals surface area contributed by atoms with Crippen molar-refractivity contribution in [3.63, 3.8) is 0 Å². The average Bonchev–Trinajstić information content (AvgIpc) is 2.69. The fraction of sp³-hybridized carbons (Fsp3) is 0.960. The Kier molecular flexibility index (Phi) is 22.3. The lowest BCUT2D eigenvalue weighted by Crippen LogP contribution is -2.19. The molecule has 0 aliphatic carbocycles. The third kappa shape index (κ3) is 21.7. The van der Waals surface area contributed by atoms with E-state index in [1.807, 2.05) is 6.92 Å². The first kappa shape index (κ1) is 27.4. The molecular formula is C25H50O3. The molecule has 0 N–H and O–H groups in total. The van der Waals surface area contributed by atoms with E-state index in [-0.39, 0.29) is 12.1 Å². The monoisotopic (exact) mass is 398 g/mol. The van der Waals surface area contributed by atoms with Gasteiger partial charge in [-0.15, -0.1) is 0 Å². The summed E-state index contributed by atoms with van der Waals surface area (Å²) in [6, 6.07) is 0. The smallest absolute Gasteiger partial charge is 0.305 e. The van der Waals surface area contributed by atoms with Crippen LogP contribution in [-0.2, 0) is 14.3 Å². The van der Waals surface area contributed by atoms with Gasteiger partial charge in [0.15, 0.2) is 0 Å². The van der Waals surface area contributed by atoms with Gasteiger partial charge in [-0.05, 0) is 19.8 Å². The Bertz CT molecular complexity index is 317. The summed E-state index contributed by atoms with van der Waals surface area (Å²) in [4.78, 5) is 11.7. The number of carbonyl (C=O) groups is 1. The highest BCUT2D eigenvalue weighted by Crippen LogP contribution is 2.13. The van der Waals surface area contributed by atoms with E-state index in [9.17, 15) is 4.79 Å². The summed E-state index contributed by atoms with van der Waals surface area (Å²) >= 11 is 0. The lowest BCUT2D eigenvalue weighted by Gasteiger charge is -2.13. The van der Waals surface area contributed by atoms with Gasteiger partial charge in [-0.3, -0.25) is 4.79 Å². The minimum absolute atomic E-state index is 0.0107. The van der Waals surface area contributed by atoms with Crippen molar-refractivity contribution in [2.45, 2.75) is 142 Å². The lowest BCUT2D eigenvalue weighted by molar-refractivity contribution is -0.147. The molecule has 0 aliphatic heterocycles. The zero-order valence-electron chi connectivity index (χ0n) is 19.4. The van der Waals surface area contributed by atoms with Crippen molar-refractivity contribution < 1.29 is 14.3 Å². The highest BCUT2D eigenvalue weighted by Gasteiger charge is 2.07. The minimum Gasteiger partial charge on any atom is -0.463 e. The van der Waals surface area contributed by atoms with Crippen molar-refractivity contribution in [2.24, 2.45) is 0 Å². The summed E-state index contributed by atoms with van der Waals surface area (Å²) in [5, 5.41) is 0. The molecule has 0 aromatic carbocycles. The topological polar surface area (TPSA) is 35.5 Å². The molecule has 0 radical (unpaired) electrons. The predicted molar refractivity (Wildman–Crippen MR) is 121 cm³/mol. The van der Waals surface area contributed by atoms with Gasteiger partial charge in [-0.25, -0.2) is 0 Å². The third-order valence-corrected chi connectivity index (χ3v) is 5.36. The number of esters is 1. The van der Waals surface area contributed by atoms with E-state index >= 15 is 0 Å². The van der Waals surface area contributed by atoms with Crippen molar-refractivity contribution in [3.8, 4) is 0 Å². The van der Waals surface area contributed by atoms with Crippen molar-refractivity contribution in [1.82, 2.24) is 0 Å². The number of unbranched alkanes of at least 4 members (excludes halogenated alkanes) is 15. The van der Waals surface area contributed by atoms with E-state index in [1.165, 1.54) is 83.5 Å². The average molecular weight is 399 g/mol. The summed E-state index contributed by atoms with van der Waals surface area (Å²) in [6.07, 6.45) is 22.9. The van der Waals surface area contributed by atoms with Crippen LogP contribution in [0.15, 0.2) is 0 Å². The van der Waals surface area contributed by atoms with Crippen molar-refractivity contribution in [3.05, 3.63) is 0 Å². The normalized spacial score (nSPS) is 12.2. The molecule has 0 fully saturated rings. The van der Waals surface area contributed by atoms with Gasteiger partial charge in [0.05, 0.1) is 6.10 Å². The zero-order chi connectivity index (χ0) is 20.7. The Hall–Kier alpha value is -0.570. The maximum Gasteiger partial charge on any atom is 0.305 e. The van der Waals surface area contributed by atoms with E-state index in [0.717, 1.165) is 32.3 Å². The number of ether oxygens (including phenoxy) is 2. The molecule has 0 amide bonds. The van der Waals surface area contributed by atoms with Crippen molar-refractivity contribution >= 4 is 5.97 Å². The largest absolute Gasteiger partial charge is 0.463 e. The highest BCUT2D eigenvalue weighted by atomic mass is 16.6. The fourth-order valence-corrected chi connectivity index (χ4v) is 3.40. The summed E-state index contributed by atoms with van der Waals surface area (Å²) in [5.74, 6) is -0.0689. The van der Waals surface area contributed by atoms with Gasteiger partial charge < -0.3 is 9.47 Å². The van der Waals surface area contributed by atoms with Crippen LogP contribution in [0.3, 0.4) is 0 Å². The van der Waals surface area contributed by atoms with Crippen LogP contribution < -0.4 is 0 Å². The van der Waals surface area contributed by atoms with Crippen LogP contribution in [-0.4, -0.2) is 25.3 Å². The van der Waals surface area contributed by atoms with Gasteiger partial charge in [0.1, 0.15) is 6.61 Å². The second kappa shape index (κ2) is 22.7. The van der Waals surface area contributed by atoms with E-state index in [1.54, 1.807) is 0 Å². The number of hydrogen-bond acceptors (Lipinski definition) is 3. The summed E-state index contributed by atoms with van der Waals surface area (Å²) < 4.78 is 10.9. The first-order valence-corrected chi connectivity index (χ1v) is 12.5. The Morgan fingerprint density at radius 1 is 0.643 bits per heavy atom. The van der Waals surface area contributed by atoms with Crippen LogP contribution in [0.25, 0.3) is 0 Å². The second-order valence-electron chi connectivity index (χ2n) is 8.42. The molecule has 0 aliphatic rings. The van der Waals surface area contributed by atoms with E-state index in [4.69, 9.17) is 9.47 Å². The summed E-state index contributed by atoms with van der Waals surface area (Å²) in [6.45, 7) is 7.54. The number of hydrogen-bond donors (Lipinski definition) is 0. The van der Waals surface area contributed by atoms with Gasteiger partial charge in [0, 0.05) is 13.0 Å². The van der Waals surface area contributed by atoms with Crippen LogP contribution in [0, 0.1) is 0 Å².